The Labute approximate surface area is 384 Å². The molecule has 0 bridgehead atoms. The molecule has 3 unspecified atom stereocenters. The number of esters is 1. The summed E-state index contributed by atoms with van der Waals surface area (Å²) >= 11 is 0. The third-order valence-corrected chi connectivity index (χ3v) is 12.0. The van der Waals surface area contributed by atoms with Crippen LogP contribution in [0.15, 0.2) is 60.8 Å². The number of allylic oxidation sites excluding steroid dienone is 10. The highest BCUT2D eigenvalue weighted by molar-refractivity contribution is 5.77. The summed E-state index contributed by atoms with van der Waals surface area (Å²) in [6.45, 7) is 6.38. The van der Waals surface area contributed by atoms with Gasteiger partial charge in [-0.05, 0) is 44.9 Å². The molecule has 3 N–H and O–H groups in total. The fourth-order valence-corrected chi connectivity index (χ4v) is 7.93. The Balaban J connectivity index is 4.42. The first-order valence-electron chi connectivity index (χ1n) is 26.6. The Morgan fingerprint density at radius 1 is 0.468 bits per heavy atom. The van der Waals surface area contributed by atoms with Gasteiger partial charge in [0.1, 0.15) is 6.10 Å². The summed E-state index contributed by atoms with van der Waals surface area (Å²) in [4.78, 5) is 26.1. The molecule has 0 radical (unpaired) electrons. The van der Waals surface area contributed by atoms with Crippen LogP contribution in [0.4, 0.5) is 0 Å². The Hall–Kier alpha value is -2.44. The zero-order chi connectivity index (χ0) is 45.2. The van der Waals surface area contributed by atoms with Gasteiger partial charge in [0, 0.05) is 6.42 Å². The van der Waals surface area contributed by atoms with Crippen molar-refractivity contribution in [2.75, 3.05) is 6.61 Å². The van der Waals surface area contributed by atoms with Gasteiger partial charge in [-0.3, -0.25) is 9.59 Å². The molecule has 6 nitrogen and oxygen atoms in total. The number of aliphatic hydroxyl groups excluding tert-OH is 2. The normalized spacial score (nSPS) is 13.7. The average molecular weight is 868 g/mol. The van der Waals surface area contributed by atoms with Gasteiger partial charge in [-0.25, -0.2) is 0 Å². The lowest BCUT2D eigenvalue weighted by molar-refractivity contribution is -0.151. The van der Waals surface area contributed by atoms with E-state index in [1.165, 1.54) is 128 Å². The van der Waals surface area contributed by atoms with Gasteiger partial charge in [-0.1, -0.05) is 261 Å². The van der Waals surface area contributed by atoms with Crippen LogP contribution in [0.3, 0.4) is 0 Å². The number of ether oxygens (including phenoxy) is 1. The van der Waals surface area contributed by atoms with E-state index in [9.17, 15) is 19.8 Å². The maximum atomic E-state index is 13.2. The lowest BCUT2D eigenvalue weighted by Gasteiger charge is -2.24. The molecule has 0 aliphatic rings. The van der Waals surface area contributed by atoms with Crippen molar-refractivity contribution >= 4 is 11.9 Å². The maximum absolute atomic E-state index is 13.2. The SMILES string of the molecule is CCC/C=C/C=C/C=C/C=C/C=C/CCCCCCCC(=O)OC(CCCCCCCCCC)CC(=O)NC(CO)C(O)CCCCCCCCCCCCCCCCCCC. The van der Waals surface area contributed by atoms with Gasteiger partial charge in [0.2, 0.25) is 5.91 Å². The number of carbonyl (C=O) groups is 2. The number of hydrogen-bond donors (Lipinski definition) is 3. The van der Waals surface area contributed by atoms with E-state index in [4.69, 9.17) is 4.74 Å². The first kappa shape index (κ1) is 59.6. The van der Waals surface area contributed by atoms with Crippen molar-refractivity contribution in [2.24, 2.45) is 0 Å². The summed E-state index contributed by atoms with van der Waals surface area (Å²) in [6.07, 6.45) is 61.4. The fourth-order valence-electron chi connectivity index (χ4n) is 7.93. The Kier molecular flexibility index (Phi) is 47.6. The molecule has 0 rings (SSSR count). The largest absolute Gasteiger partial charge is 0.462 e. The molecule has 0 spiro atoms. The van der Waals surface area contributed by atoms with E-state index in [1.807, 2.05) is 24.3 Å². The topological polar surface area (TPSA) is 95.9 Å². The molecule has 0 aliphatic carbocycles. The van der Waals surface area contributed by atoms with Crippen LogP contribution in [0.25, 0.3) is 0 Å². The Morgan fingerprint density at radius 2 is 0.855 bits per heavy atom. The number of rotatable bonds is 47. The minimum absolute atomic E-state index is 0.0668. The van der Waals surface area contributed by atoms with Crippen molar-refractivity contribution in [1.82, 2.24) is 5.32 Å². The van der Waals surface area contributed by atoms with Crippen LogP contribution in [-0.4, -0.2) is 46.9 Å². The van der Waals surface area contributed by atoms with Crippen LogP contribution < -0.4 is 5.32 Å². The summed E-state index contributed by atoms with van der Waals surface area (Å²) in [5.41, 5.74) is 0. The zero-order valence-corrected chi connectivity index (χ0v) is 41.0. The molecule has 6 heteroatoms. The molecule has 0 aromatic rings. The summed E-state index contributed by atoms with van der Waals surface area (Å²) < 4.78 is 5.90. The number of amides is 1. The van der Waals surface area contributed by atoms with Gasteiger partial charge < -0.3 is 20.3 Å². The van der Waals surface area contributed by atoms with Gasteiger partial charge in [0.05, 0.1) is 25.2 Å². The lowest BCUT2D eigenvalue weighted by atomic mass is 10.0. The Morgan fingerprint density at radius 3 is 1.31 bits per heavy atom. The van der Waals surface area contributed by atoms with Crippen molar-refractivity contribution in [3.8, 4) is 0 Å². The van der Waals surface area contributed by atoms with Gasteiger partial charge >= 0.3 is 5.97 Å². The average Bonchev–Trinajstić information content (AvgIpc) is 3.26. The molecule has 0 aromatic carbocycles. The summed E-state index contributed by atoms with van der Waals surface area (Å²) in [7, 11) is 0. The van der Waals surface area contributed by atoms with Crippen molar-refractivity contribution in [1.29, 1.82) is 0 Å². The van der Waals surface area contributed by atoms with Gasteiger partial charge in [0.15, 0.2) is 0 Å². The van der Waals surface area contributed by atoms with Gasteiger partial charge in [-0.15, -0.1) is 0 Å². The predicted octanol–water partition coefficient (Wildman–Crippen LogP) is 16.0. The van der Waals surface area contributed by atoms with E-state index >= 15 is 0 Å². The van der Waals surface area contributed by atoms with Crippen LogP contribution in [0.5, 0.6) is 0 Å². The molecule has 0 fully saturated rings. The third kappa shape index (κ3) is 44.2. The second-order valence-electron chi connectivity index (χ2n) is 18.1. The van der Waals surface area contributed by atoms with E-state index < -0.39 is 18.2 Å². The van der Waals surface area contributed by atoms with Crippen molar-refractivity contribution in [2.45, 2.75) is 277 Å². The van der Waals surface area contributed by atoms with E-state index in [-0.39, 0.29) is 24.9 Å². The van der Waals surface area contributed by atoms with Gasteiger partial charge in [0.25, 0.3) is 0 Å². The van der Waals surface area contributed by atoms with Crippen LogP contribution in [0.1, 0.15) is 258 Å². The van der Waals surface area contributed by atoms with Gasteiger partial charge in [-0.2, -0.15) is 0 Å². The first-order valence-corrected chi connectivity index (χ1v) is 26.6. The minimum Gasteiger partial charge on any atom is -0.462 e. The molecular formula is C56H101NO5. The molecule has 1 amide bonds. The predicted molar refractivity (Wildman–Crippen MR) is 268 cm³/mol. The smallest absolute Gasteiger partial charge is 0.306 e. The van der Waals surface area contributed by atoms with E-state index in [2.05, 4.69) is 62.5 Å². The van der Waals surface area contributed by atoms with Crippen LogP contribution in [0, 0.1) is 0 Å². The minimum atomic E-state index is -0.792. The number of unbranched alkanes of at least 4 members (excludes halogenated alkanes) is 29. The summed E-state index contributed by atoms with van der Waals surface area (Å²) in [5.74, 6) is -0.501. The highest BCUT2D eigenvalue weighted by Gasteiger charge is 2.24. The van der Waals surface area contributed by atoms with Crippen LogP contribution in [-0.2, 0) is 14.3 Å². The van der Waals surface area contributed by atoms with E-state index in [1.54, 1.807) is 0 Å². The number of carbonyl (C=O) groups excluding carboxylic acids is 2. The van der Waals surface area contributed by atoms with Crippen molar-refractivity contribution in [3.05, 3.63) is 60.8 Å². The standard InChI is InChI=1S/C56H101NO5/c1-4-7-10-13-16-19-21-23-25-27-29-31-33-35-37-40-43-46-49-56(61)62-52(47-44-41-38-18-15-12-9-6-3)50-55(60)57-53(51-58)54(59)48-45-42-39-36-34-32-30-28-26-24-22-20-17-14-11-8-5-2/h10,13,16,19,21,23,25,27,29,31,52-54,58-59H,4-9,11-12,14-15,17-18,20,22,24,26,28,30,32-51H2,1-3H3,(H,57,60)/b13-10+,19-16+,23-21+,27-25+,31-29+. The molecule has 0 saturated carbocycles. The molecule has 0 aliphatic heterocycles. The number of hydrogen-bond acceptors (Lipinski definition) is 5. The van der Waals surface area contributed by atoms with E-state index in [0.29, 0.717) is 19.3 Å². The van der Waals surface area contributed by atoms with Crippen molar-refractivity contribution < 1.29 is 24.5 Å². The van der Waals surface area contributed by atoms with Crippen LogP contribution in [0.2, 0.25) is 0 Å². The van der Waals surface area contributed by atoms with E-state index in [0.717, 1.165) is 83.5 Å². The summed E-state index contributed by atoms with van der Waals surface area (Å²) in [5, 5.41) is 23.8. The molecule has 360 valence electrons. The quantitative estimate of drug-likeness (QED) is 0.0322. The molecule has 62 heavy (non-hydrogen) atoms. The summed E-state index contributed by atoms with van der Waals surface area (Å²) in [6, 6.07) is -0.706. The molecule has 3 atom stereocenters. The van der Waals surface area contributed by atoms with Crippen LogP contribution >= 0.6 is 0 Å². The zero-order valence-electron chi connectivity index (χ0n) is 41.0. The molecule has 0 heterocycles. The molecule has 0 saturated heterocycles. The number of aliphatic hydroxyl groups is 2. The molecular weight excluding hydrogens is 767 g/mol. The monoisotopic (exact) mass is 868 g/mol. The highest BCUT2D eigenvalue weighted by atomic mass is 16.5. The maximum Gasteiger partial charge on any atom is 0.306 e. The highest BCUT2D eigenvalue weighted by Crippen LogP contribution is 2.18. The number of nitrogens with one attached hydrogen (secondary N) is 1. The Bertz CT molecular complexity index is 1110. The molecule has 0 aromatic heterocycles. The second-order valence-corrected chi connectivity index (χ2v) is 18.1. The first-order chi connectivity index (χ1) is 30.5. The van der Waals surface area contributed by atoms with Crippen molar-refractivity contribution in [3.63, 3.8) is 0 Å². The third-order valence-electron chi connectivity index (χ3n) is 12.0. The lowest BCUT2D eigenvalue weighted by Crippen LogP contribution is -2.46. The second kappa shape index (κ2) is 49.6. The fraction of sp³-hybridized carbons (Fsp3) is 0.786.